The number of anilines is 1. The molecule has 0 aromatic carbocycles. The lowest BCUT2D eigenvalue weighted by atomic mass is 10.00. The standard InChI is InChI=1S/C23H29N7O4/c1-3-30-22-16(12-25-30)21(26-15-6-8-33-20(32)9-15)17(11-24-22)23-27-18(28-34-23)10-19(31)29-7-4-5-14(2)13-29/h11-12,14-15H,3-10,13H2,1-2H3,(H,24,26). The third-order valence-corrected chi connectivity index (χ3v) is 6.47. The zero-order valence-corrected chi connectivity index (χ0v) is 19.5. The SMILES string of the molecule is CCn1ncc2c(NC3CCOC(=O)C3)c(-c3nc(CC(=O)N4CCCC(C)C4)no3)cnc21. The Kier molecular flexibility index (Phi) is 6.16. The van der Waals surface area contributed by atoms with Crippen molar-refractivity contribution in [1.29, 1.82) is 0 Å². The van der Waals surface area contributed by atoms with Gasteiger partial charge in [-0.05, 0) is 25.7 Å². The number of aromatic nitrogens is 5. The Labute approximate surface area is 196 Å². The highest BCUT2D eigenvalue weighted by atomic mass is 16.5. The number of cyclic esters (lactones) is 1. The van der Waals surface area contributed by atoms with Crippen molar-refractivity contribution in [1.82, 2.24) is 29.8 Å². The second-order valence-corrected chi connectivity index (χ2v) is 9.08. The number of fused-ring (bicyclic) bond motifs is 1. The molecule has 0 aliphatic carbocycles. The number of amides is 1. The van der Waals surface area contributed by atoms with Gasteiger partial charge >= 0.3 is 5.97 Å². The minimum absolute atomic E-state index is 0.00997. The number of hydrogen-bond acceptors (Lipinski definition) is 9. The number of nitrogens with one attached hydrogen (secondary N) is 1. The molecule has 5 rings (SSSR count). The van der Waals surface area contributed by atoms with Crippen molar-refractivity contribution in [3.05, 3.63) is 18.2 Å². The number of pyridine rings is 1. The van der Waals surface area contributed by atoms with E-state index in [1.54, 1.807) is 17.1 Å². The van der Waals surface area contributed by atoms with Gasteiger partial charge in [0.05, 0.1) is 42.3 Å². The summed E-state index contributed by atoms with van der Waals surface area (Å²) >= 11 is 0. The van der Waals surface area contributed by atoms with Gasteiger partial charge in [-0.1, -0.05) is 12.1 Å². The molecule has 2 unspecified atom stereocenters. The smallest absolute Gasteiger partial charge is 0.307 e. The number of piperidine rings is 1. The number of ether oxygens (including phenoxy) is 1. The third kappa shape index (κ3) is 4.46. The van der Waals surface area contributed by atoms with Crippen molar-refractivity contribution in [2.45, 2.75) is 58.5 Å². The summed E-state index contributed by atoms with van der Waals surface area (Å²) in [6.45, 7) is 6.74. The van der Waals surface area contributed by atoms with Gasteiger partial charge in [0.15, 0.2) is 11.5 Å². The van der Waals surface area contributed by atoms with Gasteiger partial charge in [-0.3, -0.25) is 9.59 Å². The first kappa shape index (κ1) is 22.3. The van der Waals surface area contributed by atoms with Crippen LogP contribution in [0.15, 0.2) is 16.9 Å². The lowest BCUT2D eigenvalue weighted by Crippen LogP contribution is -2.40. The van der Waals surface area contributed by atoms with Crippen molar-refractivity contribution < 1.29 is 18.8 Å². The number of hydrogen-bond donors (Lipinski definition) is 1. The fourth-order valence-electron chi connectivity index (χ4n) is 4.68. The number of likely N-dealkylation sites (tertiary alicyclic amines) is 1. The maximum absolute atomic E-state index is 12.8. The highest BCUT2D eigenvalue weighted by Crippen LogP contribution is 2.34. The lowest BCUT2D eigenvalue weighted by Gasteiger charge is -2.30. The number of nitrogens with zero attached hydrogens (tertiary/aromatic N) is 6. The van der Waals surface area contributed by atoms with Crippen LogP contribution in [0.5, 0.6) is 0 Å². The average Bonchev–Trinajstić information content (AvgIpc) is 3.46. The molecular formula is C23H29N7O4. The first-order valence-corrected chi connectivity index (χ1v) is 11.9. The first-order valence-electron chi connectivity index (χ1n) is 11.9. The van der Waals surface area contributed by atoms with Crippen molar-refractivity contribution >= 4 is 28.6 Å². The number of aryl methyl sites for hydroxylation is 1. The quantitative estimate of drug-likeness (QED) is 0.543. The molecule has 2 fully saturated rings. The molecule has 11 nitrogen and oxygen atoms in total. The maximum atomic E-state index is 12.8. The monoisotopic (exact) mass is 467 g/mol. The average molecular weight is 468 g/mol. The van der Waals surface area contributed by atoms with Gasteiger partial charge in [-0.25, -0.2) is 9.67 Å². The molecule has 5 heterocycles. The highest BCUT2D eigenvalue weighted by Gasteiger charge is 2.26. The van der Waals surface area contributed by atoms with Crippen LogP contribution in [0.2, 0.25) is 0 Å². The molecule has 2 aliphatic heterocycles. The Balaban J connectivity index is 1.43. The van der Waals surface area contributed by atoms with Gasteiger partial charge in [0.25, 0.3) is 5.89 Å². The second kappa shape index (κ2) is 9.40. The van der Waals surface area contributed by atoms with Crippen molar-refractivity contribution in [3.63, 3.8) is 0 Å². The van der Waals surface area contributed by atoms with E-state index in [9.17, 15) is 9.59 Å². The zero-order valence-electron chi connectivity index (χ0n) is 19.5. The summed E-state index contributed by atoms with van der Waals surface area (Å²) < 4.78 is 12.4. The molecule has 0 saturated carbocycles. The number of carbonyl (C=O) groups excluding carboxylic acids is 2. The Morgan fingerprint density at radius 1 is 1.29 bits per heavy atom. The van der Waals surface area contributed by atoms with Crippen LogP contribution in [0.3, 0.4) is 0 Å². The summed E-state index contributed by atoms with van der Waals surface area (Å²) in [7, 11) is 0. The Morgan fingerprint density at radius 2 is 2.18 bits per heavy atom. The minimum Gasteiger partial charge on any atom is -0.466 e. The van der Waals surface area contributed by atoms with Crippen LogP contribution in [0.25, 0.3) is 22.5 Å². The molecule has 1 amide bonds. The molecule has 3 aromatic rings. The summed E-state index contributed by atoms with van der Waals surface area (Å²) in [6, 6.07) is -0.0966. The summed E-state index contributed by atoms with van der Waals surface area (Å²) in [5.41, 5.74) is 2.07. The molecule has 2 aliphatic rings. The maximum Gasteiger partial charge on any atom is 0.307 e. The van der Waals surface area contributed by atoms with Crippen LogP contribution in [-0.4, -0.2) is 67.4 Å². The molecule has 1 N–H and O–H groups in total. The largest absolute Gasteiger partial charge is 0.466 e. The van der Waals surface area contributed by atoms with Crippen LogP contribution < -0.4 is 5.32 Å². The summed E-state index contributed by atoms with van der Waals surface area (Å²) in [5.74, 6) is 0.899. The molecule has 0 spiro atoms. The van der Waals surface area contributed by atoms with E-state index in [4.69, 9.17) is 9.26 Å². The normalized spacial score (nSPS) is 21.0. The van der Waals surface area contributed by atoms with E-state index in [0.717, 1.165) is 42.7 Å². The molecule has 0 radical (unpaired) electrons. The van der Waals surface area contributed by atoms with Gasteiger partial charge < -0.3 is 19.5 Å². The van der Waals surface area contributed by atoms with Crippen LogP contribution in [0, 0.1) is 5.92 Å². The van der Waals surface area contributed by atoms with Gasteiger partial charge in [0, 0.05) is 38.3 Å². The Hall–Kier alpha value is -3.50. The zero-order chi connectivity index (χ0) is 23.7. The molecule has 180 valence electrons. The van der Waals surface area contributed by atoms with Gasteiger partial charge in [0.2, 0.25) is 5.91 Å². The predicted octanol–water partition coefficient (Wildman–Crippen LogP) is 2.42. The molecular weight excluding hydrogens is 438 g/mol. The highest BCUT2D eigenvalue weighted by molar-refractivity contribution is 5.96. The topological polar surface area (TPSA) is 128 Å². The summed E-state index contributed by atoms with van der Waals surface area (Å²) in [5, 5.41) is 12.8. The molecule has 3 aromatic heterocycles. The molecule has 2 saturated heterocycles. The van der Waals surface area contributed by atoms with E-state index in [-0.39, 0.29) is 36.7 Å². The fourth-order valence-corrected chi connectivity index (χ4v) is 4.68. The van der Waals surface area contributed by atoms with E-state index < -0.39 is 0 Å². The molecule has 0 bridgehead atoms. The van der Waals surface area contributed by atoms with E-state index in [1.807, 2.05) is 11.8 Å². The van der Waals surface area contributed by atoms with Crippen LogP contribution in [0.1, 0.15) is 45.4 Å². The molecule has 11 heteroatoms. The number of esters is 1. The summed E-state index contributed by atoms with van der Waals surface area (Å²) in [4.78, 5) is 35.5. The molecule has 34 heavy (non-hydrogen) atoms. The van der Waals surface area contributed by atoms with Crippen molar-refractivity contribution in [2.75, 3.05) is 25.0 Å². The fraction of sp³-hybridized carbons (Fsp3) is 0.565. The Bertz CT molecular complexity index is 1200. The van der Waals surface area contributed by atoms with Gasteiger partial charge in [-0.15, -0.1) is 0 Å². The first-order chi connectivity index (χ1) is 16.5. The predicted molar refractivity (Wildman–Crippen MR) is 123 cm³/mol. The van der Waals surface area contributed by atoms with E-state index in [2.05, 4.69) is 32.5 Å². The van der Waals surface area contributed by atoms with E-state index >= 15 is 0 Å². The Morgan fingerprint density at radius 3 is 2.97 bits per heavy atom. The van der Waals surface area contributed by atoms with E-state index in [0.29, 0.717) is 36.9 Å². The number of carbonyl (C=O) groups is 2. The second-order valence-electron chi connectivity index (χ2n) is 9.08. The van der Waals surface area contributed by atoms with Gasteiger partial charge in [0.1, 0.15) is 0 Å². The third-order valence-electron chi connectivity index (χ3n) is 6.47. The van der Waals surface area contributed by atoms with E-state index in [1.165, 1.54) is 0 Å². The van der Waals surface area contributed by atoms with Crippen LogP contribution in [-0.2, 0) is 27.3 Å². The lowest BCUT2D eigenvalue weighted by molar-refractivity contribution is -0.147. The van der Waals surface area contributed by atoms with Gasteiger partial charge in [-0.2, -0.15) is 10.1 Å². The van der Waals surface area contributed by atoms with Crippen LogP contribution >= 0.6 is 0 Å². The van der Waals surface area contributed by atoms with Crippen LogP contribution in [0.4, 0.5) is 5.69 Å². The van der Waals surface area contributed by atoms with Crippen molar-refractivity contribution in [3.8, 4) is 11.5 Å². The summed E-state index contributed by atoms with van der Waals surface area (Å²) in [6.07, 6.45) is 6.64. The van der Waals surface area contributed by atoms with Crippen molar-refractivity contribution in [2.24, 2.45) is 5.92 Å². The minimum atomic E-state index is -0.231. The molecule has 2 atom stereocenters. The number of rotatable bonds is 6.